The molecular weight excluding hydrogens is 515 g/mol. The lowest BCUT2D eigenvalue weighted by atomic mass is 10.0. The van der Waals surface area contributed by atoms with Gasteiger partial charge in [0.2, 0.25) is 0 Å². The number of benzene rings is 2. The van der Waals surface area contributed by atoms with Crippen LogP contribution in [0.25, 0.3) is 10.9 Å². The largest absolute Gasteiger partial charge is 0.506 e. The quantitative estimate of drug-likeness (QED) is 0.467. The molecule has 2 N–H and O–H groups in total. The number of aryl methyl sites for hydroxylation is 1. The lowest BCUT2D eigenvalue weighted by Gasteiger charge is -2.17. The van der Waals surface area contributed by atoms with E-state index >= 15 is 0 Å². The number of hydrogen-bond donors (Lipinski definition) is 2. The average Bonchev–Trinajstić information content (AvgIpc) is 3.34. The van der Waals surface area contributed by atoms with E-state index in [9.17, 15) is 27.8 Å². The van der Waals surface area contributed by atoms with Gasteiger partial charge in [-0.25, -0.2) is 17.6 Å². The summed E-state index contributed by atoms with van der Waals surface area (Å²) in [5.41, 5.74) is 1.43. The number of phenolic OH excluding ortho intramolecular Hbond substituents is 1. The number of phenols is 1. The number of rotatable bonds is 7. The molecule has 0 aliphatic carbocycles. The zero-order chi connectivity index (χ0) is 23.9. The van der Waals surface area contributed by atoms with Gasteiger partial charge in [-0.1, -0.05) is 12.1 Å². The Morgan fingerprint density at radius 2 is 1.79 bits per heavy atom. The third-order valence-electron chi connectivity index (χ3n) is 6.09. The molecule has 10 heteroatoms. The molecule has 1 aromatic heterocycles. The second kappa shape index (κ2) is 9.08. The molecule has 0 spiro atoms. The van der Waals surface area contributed by atoms with Gasteiger partial charge in [0.15, 0.2) is 9.84 Å². The summed E-state index contributed by atoms with van der Waals surface area (Å²) in [5, 5.41) is 21.2. The summed E-state index contributed by atoms with van der Waals surface area (Å²) in [5.74, 6) is -2.60. The maximum absolute atomic E-state index is 13.2. The molecule has 3 aromatic rings. The van der Waals surface area contributed by atoms with Crippen LogP contribution in [0.5, 0.6) is 5.75 Å². The highest BCUT2D eigenvalue weighted by molar-refractivity contribution is 9.10. The van der Waals surface area contributed by atoms with Crippen LogP contribution in [0, 0.1) is 5.82 Å². The van der Waals surface area contributed by atoms with Crippen molar-refractivity contribution in [2.75, 3.05) is 13.1 Å². The van der Waals surface area contributed by atoms with Crippen molar-refractivity contribution < 1.29 is 27.8 Å². The van der Waals surface area contributed by atoms with Crippen molar-refractivity contribution in [3.05, 3.63) is 63.0 Å². The van der Waals surface area contributed by atoms with Crippen molar-refractivity contribution in [1.82, 2.24) is 9.47 Å². The topological polar surface area (TPSA) is 99.8 Å². The number of aromatic carboxylic acids is 1. The Morgan fingerprint density at radius 1 is 1.15 bits per heavy atom. The first-order valence-corrected chi connectivity index (χ1v) is 13.1. The maximum atomic E-state index is 13.2. The predicted octanol–water partition coefficient (Wildman–Crippen LogP) is 4.19. The predicted molar refractivity (Wildman–Crippen MR) is 126 cm³/mol. The van der Waals surface area contributed by atoms with Crippen LogP contribution in [0.15, 0.2) is 34.8 Å². The number of aromatic nitrogens is 1. The summed E-state index contributed by atoms with van der Waals surface area (Å²) < 4.78 is 41.1. The van der Waals surface area contributed by atoms with Gasteiger partial charge >= 0.3 is 5.97 Å². The van der Waals surface area contributed by atoms with Gasteiger partial charge in [-0.2, -0.15) is 0 Å². The van der Waals surface area contributed by atoms with Crippen LogP contribution in [0.3, 0.4) is 0 Å². The zero-order valence-corrected chi connectivity index (χ0v) is 20.4. The van der Waals surface area contributed by atoms with E-state index in [0.717, 1.165) is 25.9 Å². The summed E-state index contributed by atoms with van der Waals surface area (Å²) in [4.78, 5) is 14.5. The van der Waals surface area contributed by atoms with E-state index in [1.165, 1.54) is 24.3 Å². The molecule has 4 rings (SSSR count). The van der Waals surface area contributed by atoms with Crippen molar-refractivity contribution in [2.24, 2.45) is 7.05 Å². The number of carboxylic acid groups (broad SMARTS) is 1. The lowest BCUT2D eigenvalue weighted by Crippen LogP contribution is -2.19. The lowest BCUT2D eigenvalue weighted by molar-refractivity contribution is 0.0697. The highest BCUT2D eigenvalue weighted by Gasteiger charge is 2.29. The van der Waals surface area contributed by atoms with Gasteiger partial charge in [0.05, 0.1) is 27.1 Å². The smallest absolute Gasteiger partial charge is 0.338 e. The summed E-state index contributed by atoms with van der Waals surface area (Å²) in [7, 11) is -2.15. The number of nitrogens with zero attached hydrogens (tertiary/aromatic N) is 2. The minimum Gasteiger partial charge on any atom is -0.506 e. The number of likely N-dealkylation sites (tertiary alicyclic amines) is 1. The van der Waals surface area contributed by atoms with E-state index in [2.05, 4.69) is 20.8 Å². The Balaban J connectivity index is 1.82. The van der Waals surface area contributed by atoms with Crippen LogP contribution in [0.1, 0.15) is 40.0 Å². The third kappa shape index (κ3) is 4.78. The molecular formula is C23H24BrFN2O5S. The Hall–Kier alpha value is -2.43. The van der Waals surface area contributed by atoms with Crippen LogP contribution in [0.2, 0.25) is 0 Å². The van der Waals surface area contributed by atoms with Gasteiger partial charge in [-0.3, -0.25) is 4.90 Å². The fourth-order valence-electron chi connectivity index (χ4n) is 4.49. The van der Waals surface area contributed by atoms with Crippen molar-refractivity contribution in [3.63, 3.8) is 0 Å². The number of hydrogen-bond acceptors (Lipinski definition) is 5. The van der Waals surface area contributed by atoms with Gasteiger partial charge in [-0.15, -0.1) is 0 Å². The number of fused-ring (bicyclic) bond motifs is 1. The molecule has 7 nitrogen and oxygen atoms in total. The average molecular weight is 539 g/mol. The normalized spacial score (nSPS) is 14.9. The van der Waals surface area contributed by atoms with E-state index < -0.39 is 27.4 Å². The highest BCUT2D eigenvalue weighted by Crippen LogP contribution is 2.40. The van der Waals surface area contributed by atoms with Gasteiger partial charge in [-0.05, 0) is 65.6 Å². The molecule has 0 radical (unpaired) electrons. The van der Waals surface area contributed by atoms with E-state index in [0.29, 0.717) is 33.0 Å². The number of carboxylic acids is 1. The number of aromatic hydroxyl groups is 1. The van der Waals surface area contributed by atoms with Crippen LogP contribution >= 0.6 is 15.9 Å². The molecule has 2 heterocycles. The Morgan fingerprint density at radius 3 is 2.39 bits per heavy atom. The second-order valence-electron chi connectivity index (χ2n) is 8.41. The van der Waals surface area contributed by atoms with Gasteiger partial charge in [0.25, 0.3) is 0 Å². The van der Waals surface area contributed by atoms with Gasteiger partial charge in [0, 0.05) is 30.2 Å². The van der Waals surface area contributed by atoms with Crippen molar-refractivity contribution in [1.29, 1.82) is 0 Å². The fourth-order valence-corrected chi connectivity index (χ4v) is 6.50. The number of sulfone groups is 1. The SMILES string of the molecule is Cn1c(CS(=O)(=O)Cc2ccc(F)cc2)c(C(=O)O)c2c(CN3CCCC3)c(O)c(Br)cc21. The Labute approximate surface area is 199 Å². The first-order chi connectivity index (χ1) is 15.6. The number of carbonyl (C=O) groups is 1. The highest BCUT2D eigenvalue weighted by atomic mass is 79.9. The van der Waals surface area contributed by atoms with Crippen LogP contribution in [0.4, 0.5) is 4.39 Å². The third-order valence-corrected chi connectivity index (χ3v) is 8.18. The first-order valence-electron chi connectivity index (χ1n) is 10.5. The summed E-state index contributed by atoms with van der Waals surface area (Å²) >= 11 is 3.35. The molecule has 0 saturated carbocycles. The first kappa shape index (κ1) is 23.7. The molecule has 2 aromatic carbocycles. The summed E-state index contributed by atoms with van der Waals surface area (Å²) in [6.07, 6.45) is 2.07. The van der Waals surface area contributed by atoms with Gasteiger partial charge in [0.1, 0.15) is 11.6 Å². The minimum absolute atomic E-state index is 0.0387. The maximum Gasteiger partial charge on any atom is 0.338 e. The second-order valence-corrected chi connectivity index (χ2v) is 11.3. The van der Waals surface area contributed by atoms with Crippen LogP contribution in [-0.4, -0.2) is 47.2 Å². The summed E-state index contributed by atoms with van der Waals surface area (Å²) in [6, 6.07) is 6.79. The van der Waals surface area contributed by atoms with Crippen molar-refractivity contribution in [2.45, 2.75) is 30.9 Å². The zero-order valence-electron chi connectivity index (χ0n) is 18.0. The van der Waals surface area contributed by atoms with Crippen molar-refractivity contribution in [3.8, 4) is 5.75 Å². The standard InChI is InChI=1S/C23H24BrFN2O5S/c1-26-18-10-17(24)22(28)16(11-27-8-2-3-9-27)20(18)21(23(29)30)19(26)13-33(31,32)12-14-4-6-15(25)7-5-14/h4-7,10,28H,2-3,8-9,11-13H2,1H3,(H,29,30). The van der Waals surface area contributed by atoms with Gasteiger partial charge < -0.3 is 14.8 Å². The molecule has 0 unspecified atom stereocenters. The molecule has 0 bridgehead atoms. The molecule has 1 fully saturated rings. The minimum atomic E-state index is -3.77. The summed E-state index contributed by atoms with van der Waals surface area (Å²) in [6.45, 7) is 2.07. The van der Waals surface area contributed by atoms with E-state index in [1.54, 1.807) is 17.7 Å². The molecule has 1 aliphatic rings. The fraction of sp³-hybridized carbons (Fsp3) is 0.348. The molecule has 1 saturated heterocycles. The van der Waals surface area contributed by atoms with Crippen LogP contribution in [-0.2, 0) is 34.9 Å². The molecule has 0 atom stereocenters. The molecule has 176 valence electrons. The van der Waals surface area contributed by atoms with Crippen LogP contribution < -0.4 is 0 Å². The molecule has 0 amide bonds. The monoisotopic (exact) mass is 538 g/mol. The Bertz CT molecular complexity index is 1330. The molecule has 1 aliphatic heterocycles. The van der Waals surface area contributed by atoms with E-state index in [1.807, 2.05) is 0 Å². The Kier molecular flexibility index (Phi) is 6.52. The van der Waals surface area contributed by atoms with E-state index in [4.69, 9.17) is 0 Å². The number of halogens is 2. The van der Waals surface area contributed by atoms with E-state index in [-0.39, 0.29) is 22.8 Å². The van der Waals surface area contributed by atoms with Crippen molar-refractivity contribution >= 4 is 42.6 Å². The molecule has 33 heavy (non-hydrogen) atoms.